The number of nitrogens with zero attached hydrogens (tertiary/aromatic N) is 3. The van der Waals surface area contributed by atoms with Crippen molar-refractivity contribution in [1.82, 2.24) is 24.4 Å². The predicted molar refractivity (Wildman–Crippen MR) is 104 cm³/mol. The average molecular weight is 396 g/mol. The molecule has 0 aromatic heterocycles. The Balaban J connectivity index is 1.55. The highest BCUT2D eigenvalue weighted by Crippen LogP contribution is 2.23. The van der Waals surface area contributed by atoms with E-state index in [4.69, 9.17) is 0 Å². The van der Waals surface area contributed by atoms with Crippen molar-refractivity contribution in [1.29, 1.82) is 0 Å². The summed E-state index contributed by atoms with van der Waals surface area (Å²) in [6, 6.07) is 9.85. The van der Waals surface area contributed by atoms with Crippen molar-refractivity contribution in [3.8, 4) is 0 Å². The topological polar surface area (TPSA) is 85.0 Å². The van der Waals surface area contributed by atoms with Gasteiger partial charge >= 0.3 is 0 Å². The molecule has 0 radical (unpaired) electrons. The Morgan fingerprint density at radius 1 is 1.07 bits per heavy atom. The number of carbonyl (C=O) groups is 1. The van der Waals surface area contributed by atoms with Crippen molar-refractivity contribution in [2.24, 2.45) is 0 Å². The number of benzene rings is 1. The summed E-state index contributed by atoms with van der Waals surface area (Å²) in [6.45, 7) is 6.11. The molecule has 2 saturated heterocycles. The molecule has 27 heavy (non-hydrogen) atoms. The van der Waals surface area contributed by atoms with Gasteiger partial charge in [0.05, 0.1) is 0 Å². The van der Waals surface area contributed by atoms with E-state index in [1.165, 1.54) is 8.61 Å². The molecular weight excluding hydrogens is 366 g/mol. The first-order valence-corrected chi connectivity index (χ1v) is 11.0. The van der Waals surface area contributed by atoms with Gasteiger partial charge in [0.1, 0.15) is 6.04 Å². The number of amides is 1. The Labute approximate surface area is 161 Å². The summed E-state index contributed by atoms with van der Waals surface area (Å²) in [5.41, 5.74) is 7.44. The lowest BCUT2D eigenvalue weighted by Crippen LogP contribution is -2.56. The second-order valence-electron chi connectivity index (χ2n) is 6.86. The molecule has 2 aliphatic rings. The number of piperazine rings is 1. The summed E-state index contributed by atoms with van der Waals surface area (Å²) >= 11 is 0. The minimum absolute atomic E-state index is 0.0285. The number of carbonyl (C=O) groups excluding carboxylic acids is 1. The molecule has 1 aromatic carbocycles. The molecule has 9 heteroatoms. The van der Waals surface area contributed by atoms with Crippen molar-refractivity contribution in [3.05, 3.63) is 35.9 Å². The van der Waals surface area contributed by atoms with Crippen LogP contribution in [0, 0.1) is 0 Å². The number of hydrogen-bond acceptors (Lipinski definition) is 5. The first-order valence-electron chi connectivity index (χ1n) is 9.57. The monoisotopic (exact) mass is 395 g/mol. The first kappa shape index (κ1) is 20.2. The van der Waals surface area contributed by atoms with Gasteiger partial charge < -0.3 is 4.90 Å². The highest BCUT2D eigenvalue weighted by atomic mass is 32.2. The van der Waals surface area contributed by atoms with E-state index in [-0.39, 0.29) is 18.0 Å². The molecule has 8 nitrogen and oxygen atoms in total. The van der Waals surface area contributed by atoms with E-state index in [1.54, 1.807) is 4.90 Å². The summed E-state index contributed by atoms with van der Waals surface area (Å²) in [5.74, 6) is 0.0285. The van der Waals surface area contributed by atoms with Crippen LogP contribution >= 0.6 is 0 Å². The maximum atomic E-state index is 12.8. The summed E-state index contributed by atoms with van der Waals surface area (Å²) in [4.78, 5) is 14.6. The zero-order valence-electron chi connectivity index (χ0n) is 16.0. The molecule has 2 heterocycles. The highest BCUT2D eigenvalue weighted by molar-refractivity contribution is 7.86. The third kappa shape index (κ3) is 4.33. The van der Waals surface area contributed by atoms with Crippen LogP contribution in [-0.4, -0.2) is 73.1 Å². The van der Waals surface area contributed by atoms with Crippen LogP contribution in [0.3, 0.4) is 0 Å². The third-order valence-electron chi connectivity index (χ3n) is 5.31. The fourth-order valence-electron chi connectivity index (χ4n) is 3.69. The maximum Gasteiger partial charge on any atom is 0.282 e. The van der Waals surface area contributed by atoms with E-state index in [0.29, 0.717) is 45.7 Å². The van der Waals surface area contributed by atoms with Gasteiger partial charge in [0.15, 0.2) is 0 Å². The van der Waals surface area contributed by atoms with Crippen molar-refractivity contribution in [2.75, 3.05) is 39.3 Å². The zero-order chi connectivity index (χ0) is 19.4. The van der Waals surface area contributed by atoms with Crippen molar-refractivity contribution < 1.29 is 13.2 Å². The molecule has 0 aliphatic carbocycles. The fraction of sp³-hybridized carbons (Fsp3) is 0.611. The van der Waals surface area contributed by atoms with Crippen LogP contribution in [0.15, 0.2) is 30.3 Å². The molecular formula is C18H29N5O3S. The Kier molecular flexibility index (Phi) is 6.48. The van der Waals surface area contributed by atoms with Gasteiger partial charge in [-0.2, -0.15) is 17.0 Å². The van der Waals surface area contributed by atoms with E-state index < -0.39 is 10.2 Å². The van der Waals surface area contributed by atoms with Crippen LogP contribution in [0.4, 0.5) is 0 Å². The molecule has 2 atom stereocenters. The summed E-state index contributed by atoms with van der Waals surface area (Å²) in [6.07, 6.45) is 0.681. The largest absolute Gasteiger partial charge is 0.339 e. The van der Waals surface area contributed by atoms with Gasteiger partial charge in [-0.3, -0.25) is 4.79 Å². The van der Waals surface area contributed by atoms with Crippen LogP contribution in [0.5, 0.6) is 0 Å². The lowest BCUT2D eigenvalue weighted by atomic mass is 10.0. The molecule has 3 rings (SSSR count). The Bertz CT molecular complexity index is 731. The fourth-order valence-corrected chi connectivity index (χ4v) is 5.30. The Morgan fingerprint density at radius 3 is 2.30 bits per heavy atom. The normalized spacial score (nSPS) is 24.5. The van der Waals surface area contributed by atoms with E-state index in [0.717, 1.165) is 5.56 Å². The van der Waals surface area contributed by atoms with Gasteiger partial charge in [-0.1, -0.05) is 44.2 Å². The number of hydrogen-bond donors (Lipinski definition) is 2. The summed E-state index contributed by atoms with van der Waals surface area (Å²) in [5, 5.41) is 0. The SMILES string of the molecule is CCN(CC)S(=O)(=O)N1CCN(C(=O)C2CC(c3ccccc3)NN2)CC1. The molecule has 2 N–H and O–H groups in total. The minimum atomic E-state index is -3.44. The third-order valence-corrected chi connectivity index (χ3v) is 7.50. The molecule has 1 amide bonds. The molecule has 0 saturated carbocycles. The van der Waals surface area contributed by atoms with E-state index in [9.17, 15) is 13.2 Å². The highest BCUT2D eigenvalue weighted by Gasteiger charge is 2.36. The van der Waals surface area contributed by atoms with Crippen molar-refractivity contribution in [3.63, 3.8) is 0 Å². The smallest absolute Gasteiger partial charge is 0.282 e. The van der Waals surface area contributed by atoms with Gasteiger partial charge in [-0.25, -0.2) is 10.9 Å². The molecule has 2 fully saturated rings. The van der Waals surface area contributed by atoms with Crippen molar-refractivity contribution >= 4 is 16.1 Å². The second-order valence-corrected chi connectivity index (χ2v) is 8.79. The minimum Gasteiger partial charge on any atom is -0.339 e. The number of hydrazine groups is 1. The standard InChI is InChI=1S/C18H29N5O3S/c1-3-22(4-2)27(25,26)23-12-10-21(11-13-23)18(24)17-14-16(19-20-17)15-8-6-5-7-9-15/h5-9,16-17,19-20H,3-4,10-14H2,1-2H3. The maximum absolute atomic E-state index is 12.8. The number of nitrogens with one attached hydrogen (secondary N) is 2. The van der Waals surface area contributed by atoms with E-state index in [1.807, 2.05) is 44.2 Å². The molecule has 2 aliphatic heterocycles. The Morgan fingerprint density at radius 2 is 1.70 bits per heavy atom. The van der Waals surface area contributed by atoms with E-state index in [2.05, 4.69) is 10.9 Å². The van der Waals surface area contributed by atoms with Crippen LogP contribution in [0.25, 0.3) is 0 Å². The van der Waals surface area contributed by atoms with E-state index >= 15 is 0 Å². The van der Waals surface area contributed by atoms with Crippen LogP contribution in [0.2, 0.25) is 0 Å². The van der Waals surface area contributed by atoms with Crippen molar-refractivity contribution in [2.45, 2.75) is 32.4 Å². The van der Waals surface area contributed by atoms with Crippen LogP contribution < -0.4 is 10.9 Å². The quantitative estimate of drug-likeness (QED) is 0.725. The molecule has 0 spiro atoms. The zero-order valence-corrected chi connectivity index (χ0v) is 16.8. The number of rotatable bonds is 6. The molecule has 1 aromatic rings. The predicted octanol–water partition coefficient (Wildman–Crippen LogP) is 0.325. The van der Waals surface area contributed by atoms with Crippen LogP contribution in [-0.2, 0) is 15.0 Å². The summed E-state index contributed by atoms with van der Waals surface area (Å²) in [7, 11) is -3.44. The molecule has 0 bridgehead atoms. The Hall–Kier alpha value is -1.52. The average Bonchev–Trinajstić information content (AvgIpc) is 3.19. The lowest BCUT2D eigenvalue weighted by molar-refractivity contribution is -0.134. The lowest BCUT2D eigenvalue weighted by Gasteiger charge is -2.37. The van der Waals surface area contributed by atoms with Gasteiger partial charge in [-0.05, 0) is 12.0 Å². The second kappa shape index (κ2) is 8.66. The first-order chi connectivity index (χ1) is 13.0. The van der Waals surface area contributed by atoms with Gasteiger partial charge in [0.25, 0.3) is 10.2 Å². The van der Waals surface area contributed by atoms with Gasteiger partial charge in [-0.15, -0.1) is 0 Å². The van der Waals surface area contributed by atoms with Crippen LogP contribution in [0.1, 0.15) is 31.9 Å². The van der Waals surface area contributed by atoms with Gasteiger partial charge in [0.2, 0.25) is 5.91 Å². The molecule has 150 valence electrons. The van der Waals surface area contributed by atoms with Gasteiger partial charge in [0, 0.05) is 45.3 Å². The molecule has 2 unspecified atom stereocenters. The summed E-state index contributed by atoms with van der Waals surface area (Å²) < 4.78 is 28.2.